The van der Waals surface area contributed by atoms with Gasteiger partial charge in [0.25, 0.3) is 0 Å². The van der Waals surface area contributed by atoms with Gasteiger partial charge in [0.15, 0.2) is 11.6 Å². The number of benzene rings is 4. The van der Waals surface area contributed by atoms with Crippen LogP contribution in [0.25, 0.3) is 27.1 Å². The van der Waals surface area contributed by atoms with Crippen molar-refractivity contribution >= 4 is 67.6 Å². The summed E-state index contributed by atoms with van der Waals surface area (Å²) in [6.07, 6.45) is 23.8. The molecule has 2 saturated heterocycles. The van der Waals surface area contributed by atoms with Crippen LogP contribution in [0.2, 0.25) is 0 Å². The lowest BCUT2D eigenvalue weighted by atomic mass is 9.70. The Bertz CT molecular complexity index is 2470. The van der Waals surface area contributed by atoms with Gasteiger partial charge in [-0.15, -0.1) is 0 Å². The van der Waals surface area contributed by atoms with Crippen molar-refractivity contribution in [2.75, 3.05) is 15.1 Å². The number of nitrogens with one attached hydrogen (secondary N) is 1. The molecule has 0 spiro atoms. The van der Waals surface area contributed by atoms with Crippen molar-refractivity contribution in [1.29, 1.82) is 0 Å². The Kier molecular flexibility index (Phi) is 11.4. The van der Waals surface area contributed by atoms with Gasteiger partial charge in [-0.2, -0.15) is 0 Å². The van der Waals surface area contributed by atoms with Crippen molar-refractivity contribution < 1.29 is 19.2 Å². The number of unbranched alkanes of at least 4 members (excludes halogenated alkanes) is 14. The zero-order valence-electron chi connectivity index (χ0n) is 35.9. The zero-order valence-corrected chi connectivity index (χ0v) is 35.9. The highest BCUT2D eigenvalue weighted by atomic mass is 16.2. The van der Waals surface area contributed by atoms with Gasteiger partial charge in [0, 0.05) is 35.7 Å². The normalized spacial score (nSPS) is 22.7. The summed E-state index contributed by atoms with van der Waals surface area (Å²) in [5.41, 5.74) is 2.52. The molecular weight excluding hydrogens is 745 g/mol. The van der Waals surface area contributed by atoms with E-state index < -0.39 is 17.2 Å². The number of carbonyl (C=O) groups excluding carboxylic acids is 4. The highest BCUT2D eigenvalue weighted by Crippen LogP contribution is 2.51. The van der Waals surface area contributed by atoms with E-state index in [4.69, 9.17) is 4.99 Å². The number of Topliss-reactive ketones (excluding diaryl/α,β-unsaturated/α-hetero) is 2. The molecule has 1 aliphatic carbocycles. The van der Waals surface area contributed by atoms with Gasteiger partial charge < -0.3 is 5.32 Å². The number of rotatable bonds is 19. The quantitative estimate of drug-likeness (QED) is 0.0751. The van der Waals surface area contributed by atoms with E-state index >= 15 is 0 Å². The van der Waals surface area contributed by atoms with Crippen LogP contribution in [0.4, 0.5) is 17.1 Å². The molecule has 2 unspecified atom stereocenters. The number of ketones is 2. The van der Waals surface area contributed by atoms with Crippen LogP contribution in [-0.4, -0.2) is 34.7 Å². The van der Waals surface area contributed by atoms with Crippen molar-refractivity contribution in [2.45, 2.75) is 172 Å². The minimum atomic E-state index is -0.919. The van der Waals surface area contributed by atoms with Gasteiger partial charge in [-0.25, -0.2) is 0 Å². The average molecular weight is 807 g/mol. The zero-order chi connectivity index (χ0) is 41.4. The molecule has 0 radical (unpaired) electrons. The number of hydrogen-bond donors (Lipinski definition) is 1. The first kappa shape index (κ1) is 40.6. The standard InChI is InChI=1S/C52H62N4O4/c1-3-5-7-9-11-13-15-17-31-51-33-29-43(57)55(51)41-23-19-21-35-37(25-27-39(53-51)45(35)41)47-49(59)48(50(47)60)38-26-28-40-46-36(38)22-20-24-42(46)56-44(58)30-34-52(56,54-40)32-18-16-14-12-10-8-6-4-2/h19-28,47,53H,3-18,29-34H2,1-2H3. The third-order valence-electron chi connectivity index (χ3n) is 14.5. The van der Waals surface area contributed by atoms with Gasteiger partial charge in [-0.1, -0.05) is 140 Å². The van der Waals surface area contributed by atoms with Gasteiger partial charge in [0.2, 0.25) is 11.8 Å². The second-order valence-electron chi connectivity index (χ2n) is 18.4. The Hall–Kier alpha value is -4.85. The number of fused-ring (bicyclic) bond motifs is 4. The molecule has 5 aliphatic rings. The molecule has 4 heterocycles. The molecule has 8 nitrogen and oxygen atoms in total. The highest BCUT2D eigenvalue weighted by Gasteiger charge is 2.51. The number of anilines is 3. The van der Waals surface area contributed by atoms with E-state index in [1.807, 2.05) is 70.5 Å². The molecule has 314 valence electrons. The van der Waals surface area contributed by atoms with E-state index in [1.165, 1.54) is 77.0 Å². The van der Waals surface area contributed by atoms with E-state index in [1.54, 1.807) is 0 Å². The molecule has 2 amide bonds. The minimum Gasteiger partial charge on any atom is -0.362 e. The largest absolute Gasteiger partial charge is 0.362 e. The van der Waals surface area contributed by atoms with E-state index in [2.05, 4.69) is 19.2 Å². The van der Waals surface area contributed by atoms with Crippen LogP contribution in [0.5, 0.6) is 0 Å². The number of carbonyl (C=O) groups is 4. The fourth-order valence-corrected chi connectivity index (χ4v) is 11.5. The second-order valence-corrected chi connectivity index (χ2v) is 18.4. The summed E-state index contributed by atoms with van der Waals surface area (Å²) in [5.74, 6) is -1.10. The molecule has 4 aromatic carbocycles. The summed E-state index contributed by atoms with van der Waals surface area (Å²) < 4.78 is 0. The van der Waals surface area contributed by atoms with Crippen LogP contribution in [0.15, 0.2) is 65.7 Å². The smallest absolute Gasteiger partial charge is 0.229 e. The molecule has 9 rings (SSSR count). The molecular formula is C52H62N4O4. The summed E-state index contributed by atoms with van der Waals surface area (Å²) in [5, 5.41) is 8.62. The maximum atomic E-state index is 14.4. The highest BCUT2D eigenvalue weighted by molar-refractivity contribution is 6.59. The van der Waals surface area contributed by atoms with Crippen LogP contribution in [0.3, 0.4) is 0 Å². The van der Waals surface area contributed by atoms with Gasteiger partial charge in [-0.05, 0) is 77.9 Å². The van der Waals surface area contributed by atoms with Crippen molar-refractivity contribution in [3.8, 4) is 0 Å². The van der Waals surface area contributed by atoms with Crippen molar-refractivity contribution in [2.24, 2.45) is 4.99 Å². The lowest BCUT2D eigenvalue weighted by Crippen LogP contribution is -2.54. The fraction of sp³-hybridized carbons (Fsp3) is 0.519. The van der Waals surface area contributed by atoms with Crippen LogP contribution >= 0.6 is 0 Å². The summed E-state index contributed by atoms with van der Waals surface area (Å²) >= 11 is 0. The minimum absolute atomic E-state index is 0.0868. The summed E-state index contributed by atoms with van der Waals surface area (Å²) in [6, 6.07) is 19.7. The number of hydrogen-bond acceptors (Lipinski definition) is 6. The van der Waals surface area contributed by atoms with E-state index in [0.29, 0.717) is 30.0 Å². The molecule has 2 atom stereocenters. The first-order chi connectivity index (χ1) is 29.3. The second kappa shape index (κ2) is 16.9. The van der Waals surface area contributed by atoms with Crippen LogP contribution in [-0.2, 0) is 19.2 Å². The SMILES string of the molecule is CCCCCCCCCCC12CCC(=O)N1c1cccc3c(=C4C(=O)C(c5ccc6c7c(cccc57)N5C(=O)CCC5(CCCCCCCCCC)N6)C4=O)ccc(c13)=N2. The lowest BCUT2D eigenvalue weighted by molar-refractivity contribution is -0.129. The third kappa shape index (κ3) is 6.86. The van der Waals surface area contributed by atoms with Gasteiger partial charge in [0.1, 0.15) is 17.2 Å². The van der Waals surface area contributed by atoms with Crippen molar-refractivity contribution in [1.82, 2.24) is 0 Å². The van der Waals surface area contributed by atoms with E-state index in [9.17, 15) is 19.2 Å². The molecule has 4 aliphatic heterocycles. The topological polar surface area (TPSA) is 99.1 Å². The molecule has 4 aromatic rings. The van der Waals surface area contributed by atoms with Crippen molar-refractivity contribution in [3.05, 3.63) is 76.8 Å². The molecule has 0 bridgehead atoms. The average Bonchev–Trinajstić information content (AvgIpc) is 3.77. The first-order valence-corrected chi connectivity index (χ1v) is 23.6. The van der Waals surface area contributed by atoms with Crippen molar-refractivity contribution in [3.63, 3.8) is 0 Å². The molecule has 1 N–H and O–H groups in total. The van der Waals surface area contributed by atoms with Gasteiger partial charge >= 0.3 is 0 Å². The molecule has 8 heteroatoms. The fourth-order valence-electron chi connectivity index (χ4n) is 11.5. The predicted octanol–water partition coefficient (Wildman–Crippen LogP) is 10.8. The Morgan fingerprint density at radius 3 is 1.87 bits per heavy atom. The number of amides is 2. The third-order valence-corrected chi connectivity index (χ3v) is 14.5. The monoisotopic (exact) mass is 806 g/mol. The summed E-state index contributed by atoms with van der Waals surface area (Å²) in [6.45, 7) is 4.50. The maximum absolute atomic E-state index is 14.4. The first-order valence-electron chi connectivity index (χ1n) is 23.6. The summed E-state index contributed by atoms with van der Waals surface area (Å²) in [4.78, 5) is 65.3. The summed E-state index contributed by atoms with van der Waals surface area (Å²) in [7, 11) is 0. The predicted molar refractivity (Wildman–Crippen MR) is 242 cm³/mol. The Balaban J connectivity index is 0.985. The number of nitrogens with zero attached hydrogens (tertiary/aromatic N) is 3. The maximum Gasteiger partial charge on any atom is 0.229 e. The molecule has 0 aromatic heterocycles. The molecule has 1 saturated carbocycles. The van der Waals surface area contributed by atoms with Gasteiger partial charge in [-0.3, -0.25) is 34.0 Å². The lowest BCUT2D eigenvalue weighted by Gasteiger charge is -2.45. The molecule has 60 heavy (non-hydrogen) atoms. The van der Waals surface area contributed by atoms with Crippen LogP contribution in [0, 0.1) is 0 Å². The molecule has 3 fully saturated rings. The van der Waals surface area contributed by atoms with Crippen LogP contribution in [0.1, 0.15) is 167 Å². The van der Waals surface area contributed by atoms with Crippen LogP contribution < -0.4 is 25.7 Å². The Morgan fingerprint density at radius 2 is 1.18 bits per heavy atom. The Morgan fingerprint density at radius 1 is 0.600 bits per heavy atom. The van der Waals surface area contributed by atoms with Gasteiger partial charge in [0.05, 0.1) is 22.3 Å². The van der Waals surface area contributed by atoms with E-state index in [0.717, 1.165) is 88.9 Å². The Labute approximate surface area is 354 Å². The van der Waals surface area contributed by atoms with E-state index in [-0.39, 0.29) is 29.0 Å².